The summed E-state index contributed by atoms with van der Waals surface area (Å²) in [6.07, 6.45) is 2.35. The van der Waals surface area contributed by atoms with Crippen LogP contribution >= 0.6 is 0 Å². The molecule has 35 heavy (non-hydrogen) atoms. The molecule has 1 heterocycles. The molecule has 1 aromatic carbocycles. The summed E-state index contributed by atoms with van der Waals surface area (Å²) in [7, 11) is 0. The quantitative estimate of drug-likeness (QED) is 0.263. The van der Waals surface area contributed by atoms with Crippen LogP contribution in [-0.4, -0.2) is 51.1 Å². The molecule has 0 radical (unpaired) electrons. The van der Waals surface area contributed by atoms with Gasteiger partial charge in [0.25, 0.3) is 11.5 Å². The zero-order valence-electron chi connectivity index (χ0n) is 20.3. The van der Waals surface area contributed by atoms with Crippen LogP contribution in [0.1, 0.15) is 68.1 Å². The molecular formula is C24H33N5O6. The largest absolute Gasteiger partial charge is 0.493 e. The second-order valence-electron chi connectivity index (χ2n) is 7.86. The van der Waals surface area contributed by atoms with Crippen LogP contribution in [0.5, 0.6) is 5.75 Å². The van der Waals surface area contributed by atoms with Gasteiger partial charge in [-0.05, 0) is 44.2 Å². The number of carbonyl (C=O) groups excluding carboxylic acids is 2. The summed E-state index contributed by atoms with van der Waals surface area (Å²) in [5, 5.41) is 9.71. The highest BCUT2D eigenvalue weighted by Gasteiger charge is 2.23. The predicted octanol–water partition coefficient (Wildman–Crippen LogP) is 2.63. The van der Waals surface area contributed by atoms with Crippen molar-refractivity contribution in [1.82, 2.24) is 20.4 Å². The summed E-state index contributed by atoms with van der Waals surface area (Å²) >= 11 is 0. The monoisotopic (exact) mass is 487 g/mol. The Morgan fingerprint density at radius 3 is 2.51 bits per heavy atom. The van der Waals surface area contributed by atoms with E-state index in [2.05, 4.69) is 15.4 Å². The molecule has 11 nitrogen and oxygen atoms in total. The minimum Gasteiger partial charge on any atom is -0.493 e. The molecule has 0 aliphatic carbocycles. The van der Waals surface area contributed by atoms with Crippen LogP contribution < -0.4 is 21.5 Å². The van der Waals surface area contributed by atoms with Crippen LogP contribution in [-0.2, 0) is 17.6 Å². The molecule has 0 spiro atoms. The zero-order chi connectivity index (χ0) is 26.0. The molecular weight excluding hydrogens is 454 g/mol. The fourth-order valence-corrected chi connectivity index (χ4v) is 3.57. The first-order valence-corrected chi connectivity index (χ1v) is 11.7. The Labute approximate surface area is 203 Å². The number of hydrogen-bond acceptors (Lipinski definition) is 6. The molecule has 11 heteroatoms. The van der Waals surface area contributed by atoms with E-state index in [1.54, 1.807) is 12.1 Å². The van der Waals surface area contributed by atoms with Crippen molar-refractivity contribution < 1.29 is 24.2 Å². The third-order valence-electron chi connectivity index (χ3n) is 5.28. The molecule has 2 rings (SSSR count). The Morgan fingerprint density at radius 2 is 1.91 bits per heavy atom. The van der Waals surface area contributed by atoms with Gasteiger partial charge in [0.1, 0.15) is 11.6 Å². The van der Waals surface area contributed by atoms with Gasteiger partial charge in [0, 0.05) is 18.5 Å². The molecule has 2 aromatic rings. The van der Waals surface area contributed by atoms with Crippen molar-refractivity contribution in [3.05, 3.63) is 45.4 Å². The molecule has 5 N–H and O–H groups in total. The van der Waals surface area contributed by atoms with Crippen molar-refractivity contribution in [2.75, 3.05) is 13.2 Å². The number of hydrogen-bond donors (Lipinski definition) is 4. The molecule has 0 unspecified atom stereocenters. The second-order valence-corrected chi connectivity index (χ2v) is 7.86. The van der Waals surface area contributed by atoms with Gasteiger partial charge in [-0.15, -0.1) is 0 Å². The van der Waals surface area contributed by atoms with Crippen molar-refractivity contribution in [3.63, 3.8) is 0 Å². The van der Waals surface area contributed by atoms with Gasteiger partial charge in [0.2, 0.25) is 0 Å². The van der Waals surface area contributed by atoms with Crippen LogP contribution in [0.3, 0.4) is 0 Å². The Bertz CT molecular complexity index is 1110. The normalized spacial score (nSPS) is 10.6. The van der Waals surface area contributed by atoms with E-state index < -0.39 is 17.9 Å². The fourth-order valence-electron chi connectivity index (χ4n) is 3.57. The number of ether oxygens (including phenoxy) is 1. The van der Waals surface area contributed by atoms with Gasteiger partial charge in [0.15, 0.2) is 0 Å². The first-order valence-electron chi connectivity index (χ1n) is 11.7. The van der Waals surface area contributed by atoms with Crippen molar-refractivity contribution in [2.45, 2.75) is 59.3 Å². The number of H-pyrrole nitrogens is 1. The summed E-state index contributed by atoms with van der Waals surface area (Å²) < 4.78 is 5.85. The van der Waals surface area contributed by atoms with Crippen LogP contribution in [0.4, 0.5) is 4.79 Å². The molecule has 0 saturated heterocycles. The van der Waals surface area contributed by atoms with E-state index in [0.29, 0.717) is 54.9 Å². The van der Waals surface area contributed by atoms with E-state index in [1.807, 2.05) is 20.8 Å². The first kappa shape index (κ1) is 27.4. The van der Waals surface area contributed by atoms with Gasteiger partial charge in [-0.1, -0.05) is 26.8 Å². The number of carboxylic acid groups (broad SMARTS) is 1. The van der Waals surface area contributed by atoms with Crippen LogP contribution in [0.25, 0.3) is 11.4 Å². The molecule has 0 aliphatic heterocycles. The molecule has 0 fully saturated rings. The average Bonchev–Trinajstić information content (AvgIpc) is 2.83. The lowest BCUT2D eigenvalue weighted by atomic mass is 10.0. The number of unbranched alkanes of at least 4 members (excludes halogenated alkanes) is 1. The van der Waals surface area contributed by atoms with Crippen LogP contribution in [0, 0.1) is 0 Å². The Morgan fingerprint density at radius 1 is 1.17 bits per heavy atom. The summed E-state index contributed by atoms with van der Waals surface area (Å²) in [6.45, 7) is 6.13. The van der Waals surface area contributed by atoms with Crippen molar-refractivity contribution in [2.24, 2.45) is 5.73 Å². The highest BCUT2D eigenvalue weighted by molar-refractivity contribution is 6.02. The van der Waals surface area contributed by atoms with E-state index in [0.717, 1.165) is 11.4 Å². The number of nitrogens with one attached hydrogen (secondary N) is 2. The number of rotatable bonds is 12. The van der Waals surface area contributed by atoms with Gasteiger partial charge in [0.05, 0.1) is 23.4 Å². The predicted molar refractivity (Wildman–Crippen MR) is 130 cm³/mol. The third kappa shape index (κ3) is 7.29. The maximum atomic E-state index is 13.3. The first-order chi connectivity index (χ1) is 16.7. The maximum Gasteiger partial charge on any atom is 0.333 e. The van der Waals surface area contributed by atoms with Crippen molar-refractivity contribution in [3.8, 4) is 17.1 Å². The number of carbonyl (C=O) groups is 3. The molecule has 190 valence electrons. The van der Waals surface area contributed by atoms with E-state index in [1.165, 1.54) is 6.07 Å². The Kier molecular flexibility index (Phi) is 10.2. The maximum absolute atomic E-state index is 13.3. The lowest BCUT2D eigenvalue weighted by Crippen LogP contribution is -2.49. The highest BCUT2D eigenvalue weighted by atomic mass is 16.5. The lowest BCUT2D eigenvalue weighted by Gasteiger charge is -2.22. The number of hydrazine groups is 1. The number of benzene rings is 1. The molecule has 1 aromatic heterocycles. The average molecular weight is 488 g/mol. The van der Waals surface area contributed by atoms with E-state index >= 15 is 0 Å². The molecule has 0 bridgehead atoms. The number of aromatic nitrogens is 2. The van der Waals surface area contributed by atoms with Crippen LogP contribution in [0.2, 0.25) is 0 Å². The number of amides is 3. The number of nitrogens with two attached hydrogens (primary N) is 1. The number of nitrogens with zero attached hydrogens (tertiary/aromatic N) is 2. The second kappa shape index (κ2) is 13.1. The minimum absolute atomic E-state index is 0.0377. The van der Waals surface area contributed by atoms with E-state index in [-0.39, 0.29) is 29.9 Å². The molecule has 0 aliphatic rings. The van der Waals surface area contributed by atoms with Crippen molar-refractivity contribution in [1.29, 1.82) is 0 Å². The highest BCUT2D eigenvalue weighted by Crippen LogP contribution is 2.31. The Hall–Kier alpha value is -3.89. The topological polar surface area (TPSA) is 168 Å². The van der Waals surface area contributed by atoms with Gasteiger partial charge in [-0.25, -0.2) is 14.8 Å². The zero-order valence-corrected chi connectivity index (χ0v) is 20.3. The minimum atomic E-state index is -0.949. The molecule has 0 atom stereocenters. The van der Waals surface area contributed by atoms with Gasteiger partial charge < -0.3 is 20.6 Å². The number of primary amides is 1. The van der Waals surface area contributed by atoms with Crippen molar-refractivity contribution >= 4 is 17.9 Å². The lowest BCUT2D eigenvalue weighted by molar-refractivity contribution is -0.137. The third-order valence-corrected chi connectivity index (χ3v) is 5.28. The summed E-state index contributed by atoms with van der Waals surface area (Å²) in [6, 6.07) is 3.95. The van der Waals surface area contributed by atoms with Gasteiger partial charge in [-0.3, -0.25) is 19.8 Å². The summed E-state index contributed by atoms with van der Waals surface area (Å²) in [4.78, 5) is 56.0. The standard InChI is InChI=1S/C24H33N5O6/c1-4-14-35-18-11-9-10-16(20(18)21-26-17(6-3)15(5-2)22(32)27-21)23(33)28-29(24(25)34)13-8-7-12-19(30)31/h9-11H,4-8,12-14H2,1-3H3,(H2,25,34)(H,28,33)(H,30,31)(H,26,27,32). The number of aromatic amines is 1. The Balaban J connectivity index is 2.48. The van der Waals surface area contributed by atoms with Gasteiger partial charge in [-0.2, -0.15) is 0 Å². The molecule has 0 saturated carbocycles. The van der Waals surface area contributed by atoms with Gasteiger partial charge >= 0.3 is 12.0 Å². The number of aliphatic carboxylic acids is 1. The SMILES string of the molecule is CCCOc1cccc(C(=O)NN(CCCCC(=O)O)C(N)=O)c1-c1nc(CC)c(CC)c(=O)[nH]1. The fraction of sp³-hybridized carbons (Fsp3) is 0.458. The summed E-state index contributed by atoms with van der Waals surface area (Å²) in [5.74, 6) is -1.05. The van der Waals surface area contributed by atoms with E-state index in [4.69, 9.17) is 15.6 Å². The number of aryl methyl sites for hydroxylation is 1. The van der Waals surface area contributed by atoms with Crippen LogP contribution in [0.15, 0.2) is 23.0 Å². The number of carboxylic acids is 1. The molecule has 3 amide bonds. The number of urea groups is 1. The summed E-state index contributed by atoms with van der Waals surface area (Å²) in [5.41, 5.74) is 9.23. The smallest absolute Gasteiger partial charge is 0.333 e. The van der Waals surface area contributed by atoms with E-state index in [9.17, 15) is 19.2 Å².